The van der Waals surface area contributed by atoms with Gasteiger partial charge in [-0.15, -0.1) is 0 Å². The number of anilines is 1. The van der Waals surface area contributed by atoms with Gasteiger partial charge in [-0.25, -0.2) is 0 Å². The van der Waals surface area contributed by atoms with Gasteiger partial charge in [0.25, 0.3) is 0 Å². The lowest BCUT2D eigenvalue weighted by molar-refractivity contribution is 0.911. The maximum atomic E-state index is 8.65. The lowest BCUT2D eigenvalue weighted by Crippen LogP contribution is -2.00. The third-order valence-electron chi connectivity index (χ3n) is 3.90. The number of rotatable bonds is 4. The minimum atomic E-state index is 0.477. The summed E-state index contributed by atoms with van der Waals surface area (Å²) in [7, 11) is 0. The predicted molar refractivity (Wildman–Crippen MR) is 81.6 cm³/mol. The molecule has 0 atom stereocenters. The van der Waals surface area contributed by atoms with Gasteiger partial charge in [-0.1, -0.05) is 30.3 Å². The van der Waals surface area contributed by atoms with Gasteiger partial charge in [-0.2, -0.15) is 5.26 Å². The highest BCUT2D eigenvalue weighted by Gasteiger charge is 2.10. The maximum absolute atomic E-state index is 8.65. The Morgan fingerprint density at radius 1 is 0.950 bits per heavy atom. The lowest BCUT2D eigenvalue weighted by atomic mass is 10.1. The second kappa shape index (κ2) is 5.79. The van der Waals surface area contributed by atoms with Crippen molar-refractivity contribution in [2.24, 2.45) is 0 Å². The van der Waals surface area contributed by atoms with Gasteiger partial charge in [0, 0.05) is 12.2 Å². The molecule has 0 spiro atoms. The third-order valence-corrected chi connectivity index (χ3v) is 3.90. The number of hydrogen-bond donors (Lipinski definition) is 1. The minimum Gasteiger partial charge on any atom is -0.381 e. The quantitative estimate of drug-likeness (QED) is 0.908. The van der Waals surface area contributed by atoms with E-state index in [0.717, 1.165) is 17.8 Å². The first kappa shape index (κ1) is 12.7. The van der Waals surface area contributed by atoms with Crippen molar-refractivity contribution in [1.29, 1.82) is 5.26 Å². The van der Waals surface area contributed by atoms with E-state index in [1.807, 2.05) is 24.3 Å². The van der Waals surface area contributed by atoms with E-state index >= 15 is 0 Å². The van der Waals surface area contributed by atoms with Gasteiger partial charge in [0.1, 0.15) is 0 Å². The first-order valence-electron chi connectivity index (χ1n) is 7.15. The SMILES string of the molecule is N#CCc1ccc(NCc2ccc3c(c2)CCC3)cc1. The van der Waals surface area contributed by atoms with E-state index in [2.05, 4.69) is 29.6 Å². The normalized spacial score (nSPS) is 12.8. The Hall–Kier alpha value is -2.27. The molecule has 1 aliphatic rings. The van der Waals surface area contributed by atoms with Crippen LogP contribution in [0, 0.1) is 11.3 Å². The summed E-state index contributed by atoms with van der Waals surface area (Å²) in [6.45, 7) is 0.852. The van der Waals surface area contributed by atoms with Gasteiger partial charge in [-0.3, -0.25) is 0 Å². The van der Waals surface area contributed by atoms with Gasteiger partial charge in [0.15, 0.2) is 0 Å². The largest absolute Gasteiger partial charge is 0.381 e. The summed E-state index contributed by atoms with van der Waals surface area (Å²) in [5, 5.41) is 12.1. The van der Waals surface area contributed by atoms with Crippen molar-refractivity contribution < 1.29 is 0 Å². The summed E-state index contributed by atoms with van der Waals surface area (Å²) in [6, 6.07) is 17.1. The average molecular weight is 262 g/mol. The number of hydrogen-bond acceptors (Lipinski definition) is 2. The van der Waals surface area contributed by atoms with Crippen molar-refractivity contribution in [3.8, 4) is 6.07 Å². The van der Waals surface area contributed by atoms with E-state index in [1.54, 1.807) is 0 Å². The van der Waals surface area contributed by atoms with Gasteiger partial charge in [-0.05, 0) is 53.6 Å². The zero-order chi connectivity index (χ0) is 13.8. The molecule has 0 heterocycles. The first-order chi connectivity index (χ1) is 9.85. The lowest BCUT2D eigenvalue weighted by Gasteiger charge is -2.09. The number of aryl methyl sites for hydroxylation is 2. The molecule has 1 N–H and O–H groups in total. The zero-order valence-corrected chi connectivity index (χ0v) is 11.5. The molecule has 0 unspecified atom stereocenters. The summed E-state index contributed by atoms with van der Waals surface area (Å²) in [5.74, 6) is 0. The van der Waals surface area contributed by atoms with E-state index in [1.165, 1.54) is 36.0 Å². The number of nitriles is 1. The molecule has 0 radical (unpaired) electrons. The molecule has 0 aliphatic heterocycles. The fraction of sp³-hybridized carbons (Fsp3) is 0.278. The molecule has 0 fully saturated rings. The smallest absolute Gasteiger partial charge is 0.0669 e. The highest BCUT2D eigenvalue weighted by atomic mass is 14.9. The van der Waals surface area contributed by atoms with Gasteiger partial charge in [0.2, 0.25) is 0 Å². The van der Waals surface area contributed by atoms with Crippen LogP contribution in [0.4, 0.5) is 5.69 Å². The second-order valence-electron chi connectivity index (χ2n) is 5.34. The molecule has 2 nitrogen and oxygen atoms in total. The van der Waals surface area contributed by atoms with Crippen LogP contribution in [0.3, 0.4) is 0 Å². The van der Waals surface area contributed by atoms with Crippen molar-refractivity contribution in [1.82, 2.24) is 0 Å². The average Bonchev–Trinajstić information content (AvgIpc) is 2.94. The number of nitrogens with zero attached hydrogens (tertiary/aromatic N) is 1. The Morgan fingerprint density at radius 2 is 1.70 bits per heavy atom. The van der Waals surface area contributed by atoms with E-state index in [4.69, 9.17) is 5.26 Å². The molecule has 0 saturated heterocycles. The second-order valence-corrected chi connectivity index (χ2v) is 5.34. The summed E-state index contributed by atoms with van der Waals surface area (Å²) in [4.78, 5) is 0. The van der Waals surface area contributed by atoms with Crippen molar-refractivity contribution in [2.45, 2.75) is 32.2 Å². The number of nitrogens with one attached hydrogen (secondary N) is 1. The Labute approximate surface area is 120 Å². The molecule has 0 aromatic heterocycles. The van der Waals surface area contributed by atoms with E-state index in [-0.39, 0.29) is 0 Å². The molecule has 2 aromatic carbocycles. The minimum absolute atomic E-state index is 0.477. The summed E-state index contributed by atoms with van der Waals surface area (Å²) in [6.07, 6.45) is 4.24. The molecule has 0 amide bonds. The van der Waals surface area contributed by atoms with E-state index < -0.39 is 0 Å². The zero-order valence-electron chi connectivity index (χ0n) is 11.5. The van der Waals surface area contributed by atoms with Gasteiger partial charge in [0.05, 0.1) is 12.5 Å². The van der Waals surface area contributed by atoms with E-state index in [9.17, 15) is 0 Å². The van der Waals surface area contributed by atoms with Gasteiger partial charge < -0.3 is 5.32 Å². The Balaban J connectivity index is 1.63. The van der Waals surface area contributed by atoms with Crippen LogP contribution in [0.5, 0.6) is 0 Å². The summed E-state index contributed by atoms with van der Waals surface area (Å²) in [5.41, 5.74) is 6.55. The van der Waals surface area contributed by atoms with Crippen molar-refractivity contribution in [2.75, 3.05) is 5.32 Å². The van der Waals surface area contributed by atoms with Crippen LogP contribution in [-0.2, 0) is 25.8 Å². The molecule has 1 aliphatic carbocycles. The van der Waals surface area contributed by atoms with Crippen LogP contribution >= 0.6 is 0 Å². The summed E-state index contributed by atoms with van der Waals surface area (Å²) < 4.78 is 0. The standard InChI is InChI=1S/C18H18N2/c19-11-10-14-5-8-18(9-6-14)20-13-15-4-7-16-2-1-3-17(16)12-15/h4-9,12,20H,1-3,10,13H2. The molecule has 0 saturated carbocycles. The van der Waals surface area contributed by atoms with Crippen LogP contribution in [0.2, 0.25) is 0 Å². The number of benzene rings is 2. The molecule has 3 rings (SSSR count). The Kier molecular flexibility index (Phi) is 3.69. The van der Waals surface area contributed by atoms with E-state index in [0.29, 0.717) is 6.42 Å². The topological polar surface area (TPSA) is 35.8 Å². The molecule has 2 aromatic rings. The van der Waals surface area contributed by atoms with Gasteiger partial charge >= 0.3 is 0 Å². The molecule has 100 valence electrons. The maximum Gasteiger partial charge on any atom is 0.0669 e. The Bertz CT molecular complexity index is 635. The third kappa shape index (κ3) is 2.83. The molecular formula is C18H18N2. The van der Waals surface area contributed by atoms with Crippen LogP contribution in [0.1, 0.15) is 28.7 Å². The number of fused-ring (bicyclic) bond motifs is 1. The van der Waals surface area contributed by atoms with Crippen LogP contribution in [0.15, 0.2) is 42.5 Å². The van der Waals surface area contributed by atoms with Crippen LogP contribution in [0.25, 0.3) is 0 Å². The highest BCUT2D eigenvalue weighted by Crippen LogP contribution is 2.23. The van der Waals surface area contributed by atoms with Crippen LogP contribution in [-0.4, -0.2) is 0 Å². The van der Waals surface area contributed by atoms with Crippen molar-refractivity contribution >= 4 is 5.69 Å². The molecular weight excluding hydrogens is 244 g/mol. The first-order valence-corrected chi connectivity index (χ1v) is 7.15. The fourth-order valence-electron chi connectivity index (χ4n) is 2.77. The van der Waals surface area contributed by atoms with Crippen molar-refractivity contribution in [3.05, 3.63) is 64.7 Å². The molecule has 20 heavy (non-hydrogen) atoms. The Morgan fingerprint density at radius 3 is 2.50 bits per heavy atom. The van der Waals surface area contributed by atoms with Crippen molar-refractivity contribution in [3.63, 3.8) is 0 Å². The summed E-state index contributed by atoms with van der Waals surface area (Å²) >= 11 is 0. The van der Waals surface area contributed by atoms with Crippen LogP contribution < -0.4 is 5.32 Å². The molecule has 0 bridgehead atoms. The fourth-order valence-corrected chi connectivity index (χ4v) is 2.77. The monoisotopic (exact) mass is 262 g/mol. The highest BCUT2D eigenvalue weighted by molar-refractivity contribution is 5.46. The molecule has 2 heteroatoms. The predicted octanol–water partition coefficient (Wildman–Crippen LogP) is 3.85.